The van der Waals surface area contributed by atoms with Crippen LogP contribution in [0.5, 0.6) is 0 Å². The topological polar surface area (TPSA) is 94.1 Å². The predicted octanol–water partition coefficient (Wildman–Crippen LogP) is 1.67. The number of halogens is 1. The summed E-state index contributed by atoms with van der Waals surface area (Å²) in [6.45, 7) is 4.47. The average molecular weight is 380 g/mol. The molecule has 0 amide bonds. The Kier molecular flexibility index (Phi) is 4.16. The molecule has 0 aromatic carbocycles. The molecule has 0 aliphatic carbocycles. The number of H-pyrrole nitrogens is 1. The van der Waals surface area contributed by atoms with Crippen LogP contribution in [0.1, 0.15) is 13.3 Å². The summed E-state index contributed by atoms with van der Waals surface area (Å²) in [7, 11) is 0. The third-order valence-corrected chi connectivity index (χ3v) is 5.35. The van der Waals surface area contributed by atoms with Crippen molar-refractivity contribution in [2.45, 2.75) is 25.4 Å². The number of nitrogens with zero attached hydrogens (tertiary/aromatic N) is 5. The van der Waals surface area contributed by atoms with E-state index < -0.39 is 0 Å². The van der Waals surface area contributed by atoms with E-state index in [9.17, 15) is 4.39 Å². The maximum atomic E-state index is 14.6. The zero-order valence-corrected chi connectivity index (χ0v) is 15.5. The van der Waals surface area contributed by atoms with Gasteiger partial charge in [0.25, 0.3) is 0 Å². The monoisotopic (exact) mass is 380 g/mol. The second-order valence-electron chi connectivity index (χ2n) is 7.27. The Morgan fingerprint density at radius 2 is 2.14 bits per heavy atom. The number of nitrogens with one attached hydrogen (secondary N) is 3. The molecule has 2 aliphatic heterocycles. The molecule has 0 bridgehead atoms. The summed E-state index contributed by atoms with van der Waals surface area (Å²) < 4.78 is 14.6. The number of hydrazone groups is 1. The quantitative estimate of drug-likeness (QED) is 0.640. The van der Waals surface area contributed by atoms with Crippen LogP contribution in [0, 0.1) is 5.82 Å². The number of piperazine rings is 1. The summed E-state index contributed by atoms with van der Waals surface area (Å²) >= 11 is 0. The van der Waals surface area contributed by atoms with Gasteiger partial charge in [-0.3, -0.25) is 5.10 Å². The van der Waals surface area contributed by atoms with Crippen LogP contribution in [0.2, 0.25) is 0 Å². The van der Waals surface area contributed by atoms with Gasteiger partial charge in [0, 0.05) is 49.4 Å². The van der Waals surface area contributed by atoms with Gasteiger partial charge in [0.15, 0.2) is 11.5 Å². The molecule has 5 rings (SSSR count). The maximum Gasteiger partial charge on any atom is 0.181 e. The van der Waals surface area contributed by atoms with Gasteiger partial charge < -0.3 is 15.6 Å². The first-order valence-corrected chi connectivity index (χ1v) is 9.42. The number of rotatable bonds is 3. The van der Waals surface area contributed by atoms with E-state index in [0.717, 1.165) is 43.0 Å². The van der Waals surface area contributed by atoms with Gasteiger partial charge in [-0.25, -0.2) is 14.4 Å². The van der Waals surface area contributed by atoms with E-state index in [4.69, 9.17) is 0 Å². The number of fused-ring (bicyclic) bond motifs is 1. The van der Waals surface area contributed by atoms with Gasteiger partial charge in [-0.05, 0) is 31.2 Å². The van der Waals surface area contributed by atoms with Crippen molar-refractivity contribution in [2.24, 2.45) is 5.10 Å². The Balaban J connectivity index is 1.44. The van der Waals surface area contributed by atoms with Crippen LogP contribution in [0.25, 0.3) is 22.4 Å². The third-order valence-electron chi connectivity index (χ3n) is 5.35. The third kappa shape index (κ3) is 2.97. The molecule has 5 heterocycles. The number of aromatic amines is 1. The molecule has 3 aromatic rings. The van der Waals surface area contributed by atoms with E-state index >= 15 is 0 Å². The smallest absolute Gasteiger partial charge is 0.181 e. The van der Waals surface area contributed by atoms with Crippen LogP contribution in [0.3, 0.4) is 0 Å². The summed E-state index contributed by atoms with van der Waals surface area (Å²) in [6.07, 6.45) is 2.59. The lowest BCUT2D eigenvalue weighted by Crippen LogP contribution is -2.58. The first kappa shape index (κ1) is 17.1. The highest BCUT2D eigenvalue weighted by Crippen LogP contribution is 2.28. The fourth-order valence-corrected chi connectivity index (χ4v) is 3.90. The minimum atomic E-state index is -0.383. The van der Waals surface area contributed by atoms with Gasteiger partial charge >= 0.3 is 0 Å². The fraction of sp³-hybridized carbons (Fsp3) is 0.368. The Hall–Kier alpha value is -3.07. The van der Waals surface area contributed by atoms with Crippen molar-refractivity contribution in [1.29, 1.82) is 0 Å². The van der Waals surface area contributed by atoms with Gasteiger partial charge in [-0.2, -0.15) is 10.2 Å². The van der Waals surface area contributed by atoms with E-state index in [1.807, 2.05) is 19.1 Å². The van der Waals surface area contributed by atoms with Gasteiger partial charge in [0.05, 0.1) is 11.7 Å². The Morgan fingerprint density at radius 3 is 3.00 bits per heavy atom. The van der Waals surface area contributed by atoms with Crippen molar-refractivity contribution in [1.82, 2.24) is 30.9 Å². The Bertz CT molecular complexity index is 1050. The number of hydrogen-bond acceptors (Lipinski definition) is 7. The van der Waals surface area contributed by atoms with Gasteiger partial charge in [0.1, 0.15) is 11.5 Å². The van der Waals surface area contributed by atoms with Crippen molar-refractivity contribution in [2.75, 3.05) is 24.5 Å². The maximum absolute atomic E-state index is 14.6. The van der Waals surface area contributed by atoms with Crippen molar-refractivity contribution in [3.05, 3.63) is 36.3 Å². The molecule has 0 spiro atoms. The minimum Gasteiger partial charge on any atom is -0.354 e. The Morgan fingerprint density at radius 1 is 1.21 bits per heavy atom. The predicted molar refractivity (Wildman–Crippen MR) is 106 cm³/mol. The summed E-state index contributed by atoms with van der Waals surface area (Å²) in [5.74, 6) is 0.372. The molecule has 8 nitrogen and oxygen atoms in total. The molecule has 0 saturated carbocycles. The van der Waals surface area contributed by atoms with Gasteiger partial charge in [-0.1, -0.05) is 0 Å². The normalized spacial score (nSPS) is 22.4. The molecule has 28 heavy (non-hydrogen) atoms. The van der Waals surface area contributed by atoms with E-state index in [-0.39, 0.29) is 23.6 Å². The van der Waals surface area contributed by atoms with Crippen LogP contribution in [-0.2, 0) is 0 Å². The van der Waals surface area contributed by atoms with Gasteiger partial charge in [-0.15, -0.1) is 0 Å². The molecule has 1 unspecified atom stereocenters. The summed E-state index contributed by atoms with van der Waals surface area (Å²) in [4.78, 5) is 11.0. The average Bonchev–Trinajstić information content (AvgIpc) is 3.35. The number of anilines is 1. The summed E-state index contributed by atoms with van der Waals surface area (Å²) in [6, 6.07) is 7.40. The second kappa shape index (κ2) is 6.83. The highest BCUT2D eigenvalue weighted by molar-refractivity contribution is 5.89. The van der Waals surface area contributed by atoms with E-state index in [1.165, 1.54) is 6.07 Å². The summed E-state index contributed by atoms with van der Waals surface area (Å²) in [5.41, 5.74) is 5.69. The molecule has 3 aromatic heterocycles. The van der Waals surface area contributed by atoms with Gasteiger partial charge in [0.2, 0.25) is 0 Å². The fourth-order valence-electron chi connectivity index (χ4n) is 3.90. The molecule has 0 radical (unpaired) electrons. The SMILES string of the molecule is CC1=NNC([C@@H]2CN(c3ccc(F)c(-c4[nH]nc5ncccc45)n3)CCN2)C1. The molecular formula is C19H21FN8. The van der Waals surface area contributed by atoms with E-state index in [0.29, 0.717) is 11.3 Å². The molecule has 9 heteroatoms. The molecule has 2 aliphatic rings. The van der Waals surface area contributed by atoms with Crippen LogP contribution in [0.15, 0.2) is 35.6 Å². The van der Waals surface area contributed by atoms with Crippen LogP contribution in [-0.4, -0.2) is 57.6 Å². The lowest BCUT2D eigenvalue weighted by Gasteiger charge is -2.37. The first-order chi connectivity index (χ1) is 13.7. The largest absolute Gasteiger partial charge is 0.354 e. The minimum absolute atomic E-state index is 0.252. The first-order valence-electron chi connectivity index (χ1n) is 9.42. The van der Waals surface area contributed by atoms with Crippen LogP contribution in [0.4, 0.5) is 10.2 Å². The number of pyridine rings is 2. The van der Waals surface area contributed by atoms with Crippen LogP contribution < -0.4 is 15.6 Å². The lowest BCUT2D eigenvalue weighted by molar-refractivity contribution is 0.366. The van der Waals surface area contributed by atoms with Crippen molar-refractivity contribution in [3.8, 4) is 11.4 Å². The standard InChI is InChI=1S/C19H21FN8/c1-11-9-14(25-24-11)15-10-28(8-7-21-15)16-5-4-13(20)18(23-16)17-12-3-2-6-22-19(12)27-26-17/h2-6,14-15,21,25H,7-10H2,1H3,(H,22,26,27)/t14?,15-/m0/s1. The molecule has 2 atom stereocenters. The molecule has 3 N–H and O–H groups in total. The molecule has 144 valence electrons. The van der Waals surface area contributed by atoms with Crippen molar-refractivity contribution >= 4 is 22.6 Å². The van der Waals surface area contributed by atoms with Crippen molar-refractivity contribution in [3.63, 3.8) is 0 Å². The molecular weight excluding hydrogens is 359 g/mol. The second-order valence-corrected chi connectivity index (χ2v) is 7.27. The highest BCUT2D eigenvalue weighted by Gasteiger charge is 2.30. The molecule has 1 saturated heterocycles. The van der Waals surface area contributed by atoms with E-state index in [1.54, 1.807) is 12.3 Å². The Labute approximate surface area is 161 Å². The number of hydrogen-bond donors (Lipinski definition) is 3. The highest BCUT2D eigenvalue weighted by atomic mass is 19.1. The lowest BCUT2D eigenvalue weighted by atomic mass is 10.0. The zero-order valence-electron chi connectivity index (χ0n) is 15.5. The van der Waals surface area contributed by atoms with E-state index in [2.05, 4.69) is 40.9 Å². The zero-order chi connectivity index (χ0) is 19.1. The molecule has 1 fully saturated rings. The number of aromatic nitrogens is 4. The summed E-state index contributed by atoms with van der Waals surface area (Å²) in [5, 5.41) is 15.7. The van der Waals surface area contributed by atoms with Crippen molar-refractivity contribution < 1.29 is 4.39 Å². The van der Waals surface area contributed by atoms with Crippen LogP contribution >= 0.6 is 0 Å².